The first-order valence-electron chi connectivity index (χ1n) is 11.1. The summed E-state index contributed by atoms with van der Waals surface area (Å²) in [6.07, 6.45) is 10.2. The van der Waals surface area contributed by atoms with Crippen LogP contribution in [0.1, 0.15) is 45.9 Å². The van der Waals surface area contributed by atoms with Crippen LogP contribution >= 0.6 is 15.9 Å². The molecule has 1 aliphatic rings. The molecule has 7 heteroatoms. The Labute approximate surface area is 199 Å². The SMILES string of the molecule is O=C(NCc1cccc2ccc(Br)cc12)c1cnn(Cc2cn3cc(C4CC4)ccc3n2)c1. The second-order valence-corrected chi connectivity index (χ2v) is 9.54. The summed E-state index contributed by atoms with van der Waals surface area (Å²) in [7, 11) is 0. The molecule has 0 radical (unpaired) electrons. The maximum atomic E-state index is 12.7. The number of fused-ring (bicyclic) bond motifs is 2. The summed E-state index contributed by atoms with van der Waals surface area (Å²) in [6, 6.07) is 16.5. The minimum atomic E-state index is -0.141. The van der Waals surface area contributed by atoms with E-state index in [9.17, 15) is 4.79 Å². The first kappa shape index (κ1) is 20.2. The number of rotatable bonds is 6. The van der Waals surface area contributed by atoms with Crippen LogP contribution in [0.25, 0.3) is 16.4 Å². The maximum absolute atomic E-state index is 12.7. The predicted octanol–water partition coefficient (Wildman–Crippen LogP) is 5.30. The largest absolute Gasteiger partial charge is 0.348 e. The normalized spacial score (nSPS) is 13.6. The van der Waals surface area contributed by atoms with Gasteiger partial charge in [0.2, 0.25) is 0 Å². The summed E-state index contributed by atoms with van der Waals surface area (Å²) in [6.45, 7) is 0.971. The van der Waals surface area contributed by atoms with Gasteiger partial charge in [-0.3, -0.25) is 9.48 Å². The Balaban J connectivity index is 1.14. The highest BCUT2D eigenvalue weighted by molar-refractivity contribution is 9.10. The Morgan fingerprint density at radius 1 is 1.09 bits per heavy atom. The smallest absolute Gasteiger partial charge is 0.254 e. The van der Waals surface area contributed by atoms with E-state index in [2.05, 4.69) is 67.3 Å². The van der Waals surface area contributed by atoms with Crippen LogP contribution in [-0.2, 0) is 13.1 Å². The molecule has 1 saturated carbocycles. The summed E-state index contributed by atoms with van der Waals surface area (Å²) in [5, 5.41) is 9.67. The fraction of sp³-hybridized carbons (Fsp3) is 0.192. The zero-order chi connectivity index (χ0) is 22.4. The number of imidazole rings is 1. The summed E-state index contributed by atoms with van der Waals surface area (Å²) in [5.41, 5.74) is 4.84. The van der Waals surface area contributed by atoms with Gasteiger partial charge in [0, 0.05) is 29.6 Å². The van der Waals surface area contributed by atoms with Crippen LogP contribution in [-0.4, -0.2) is 25.1 Å². The molecule has 1 amide bonds. The maximum Gasteiger partial charge on any atom is 0.254 e. The molecule has 1 aliphatic carbocycles. The van der Waals surface area contributed by atoms with Gasteiger partial charge in [-0.2, -0.15) is 5.10 Å². The number of pyridine rings is 1. The first-order valence-corrected chi connectivity index (χ1v) is 11.9. The van der Waals surface area contributed by atoms with E-state index in [1.165, 1.54) is 18.4 Å². The van der Waals surface area contributed by atoms with Gasteiger partial charge in [-0.1, -0.05) is 46.3 Å². The predicted molar refractivity (Wildman–Crippen MR) is 131 cm³/mol. The van der Waals surface area contributed by atoms with Gasteiger partial charge < -0.3 is 9.72 Å². The molecule has 3 aromatic heterocycles. The molecule has 6 nitrogen and oxygen atoms in total. The number of nitrogens with zero attached hydrogens (tertiary/aromatic N) is 4. The van der Waals surface area contributed by atoms with E-state index in [1.807, 2.05) is 24.4 Å². The van der Waals surface area contributed by atoms with Crippen LogP contribution in [0.3, 0.4) is 0 Å². The number of carbonyl (C=O) groups is 1. The average molecular weight is 500 g/mol. The zero-order valence-electron chi connectivity index (χ0n) is 17.9. The van der Waals surface area contributed by atoms with Crippen LogP contribution < -0.4 is 5.32 Å². The molecule has 0 bridgehead atoms. The van der Waals surface area contributed by atoms with E-state index < -0.39 is 0 Å². The number of aromatic nitrogens is 4. The van der Waals surface area contributed by atoms with Crippen molar-refractivity contribution in [1.82, 2.24) is 24.5 Å². The lowest BCUT2D eigenvalue weighted by molar-refractivity contribution is 0.0951. The van der Waals surface area contributed by atoms with E-state index >= 15 is 0 Å². The van der Waals surface area contributed by atoms with Gasteiger partial charge in [0.15, 0.2) is 0 Å². The molecule has 1 fully saturated rings. The first-order chi connectivity index (χ1) is 16.1. The van der Waals surface area contributed by atoms with Gasteiger partial charge in [0.1, 0.15) is 5.65 Å². The Hall–Kier alpha value is -3.45. The molecule has 33 heavy (non-hydrogen) atoms. The Morgan fingerprint density at radius 3 is 2.88 bits per heavy atom. The average Bonchev–Trinajstić information content (AvgIpc) is 3.43. The van der Waals surface area contributed by atoms with Crippen molar-refractivity contribution >= 4 is 38.3 Å². The standard InChI is InChI=1S/C26H22BrN5O/c27-22-8-6-18-2-1-3-19(24(18)10-22)11-28-26(33)21-12-29-32(14-21)16-23-15-31-13-20(17-4-5-17)7-9-25(31)30-23/h1-3,6-10,12-15,17H,4-5,11,16H2,(H,28,33). The molecule has 0 spiro atoms. The molecule has 164 valence electrons. The van der Waals surface area contributed by atoms with Gasteiger partial charge in [0.25, 0.3) is 5.91 Å². The minimum Gasteiger partial charge on any atom is -0.348 e. The van der Waals surface area contributed by atoms with Crippen molar-refractivity contribution in [2.45, 2.75) is 31.8 Å². The number of hydrogen-bond donors (Lipinski definition) is 1. The molecule has 0 atom stereocenters. The molecule has 0 saturated heterocycles. The number of benzene rings is 2. The zero-order valence-corrected chi connectivity index (χ0v) is 19.5. The molecule has 1 N–H and O–H groups in total. The summed E-state index contributed by atoms with van der Waals surface area (Å²) >= 11 is 3.53. The Bertz CT molecular complexity index is 1500. The summed E-state index contributed by atoms with van der Waals surface area (Å²) < 4.78 is 4.86. The van der Waals surface area contributed by atoms with E-state index in [0.29, 0.717) is 24.6 Å². The van der Waals surface area contributed by atoms with Gasteiger partial charge in [-0.25, -0.2) is 4.98 Å². The van der Waals surface area contributed by atoms with E-state index in [-0.39, 0.29) is 5.91 Å². The fourth-order valence-electron chi connectivity index (χ4n) is 4.27. The van der Waals surface area contributed by atoms with Gasteiger partial charge >= 0.3 is 0 Å². The number of hydrogen-bond acceptors (Lipinski definition) is 3. The fourth-order valence-corrected chi connectivity index (χ4v) is 4.63. The lowest BCUT2D eigenvalue weighted by Gasteiger charge is -2.08. The number of halogens is 1. The van der Waals surface area contributed by atoms with Crippen LogP contribution in [0.2, 0.25) is 0 Å². The molecule has 3 heterocycles. The molecule has 5 aromatic rings. The second kappa shape index (κ2) is 8.15. The summed E-state index contributed by atoms with van der Waals surface area (Å²) in [5.74, 6) is 0.570. The molecule has 0 aliphatic heterocycles. The van der Waals surface area contributed by atoms with Gasteiger partial charge in [-0.05, 0) is 58.9 Å². The third-order valence-electron chi connectivity index (χ3n) is 6.17. The van der Waals surface area contributed by atoms with Crippen LogP contribution in [0, 0.1) is 0 Å². The highest BCUT2D eigenvalue weighted by atomic mass is 79.9. The van der Waals surface area contributed by atoms with Crippen LogP contribution in [0.15, 0.2) is 77.8 Å². The molecular formula is C26H22BrN5O. The third-order valence-corrected chi connectivity index (χ3v) is 6.66. The lowest BCUT2D eigenvalue weighted by Crippen LogP contribution is -2.22. The third kappa shape index (κ3) is 4.16. The monoisotopic (exact) mass is 499 g/mol. The Morgan fingerprint density at radius 2 is 2.00 bits per heavy atom. The number of nitrogens with one attached hydrogen (secondary N) is 1. The lowest BCUT2D eigenvalue weighted by atomic mass is 10.0. The quantitative estimate of drug-likeness (QED) is 0.344. The van der Waals surface area contributed by atoms with Crippen LogP contribution in [0.5, 0.6) is 0 Å². The highest BCUT2D eigenvalue weighted by Crippen LogP contribution is 2.39. The molecular weight excluding hydrogens is 478 g/mol. The van der Waals surface area contributed by atoms with Crippen LogP contribution in [0.4, 0.5) is 0 Å². The minimum absolute atomic E-state index is 0.141. The number of amides is 1. The second-order valence-electron chi connectivity index (χ2n) is 8.63. The van der Waals surface area contributed by atoms with E-state index in [0.717, 1.165) is 32.1 Å². The van der Waals surface area contributed by atoms with Gasteiger partial charge in [0.05, 0.1) is 24.0 Å². The van der Waals surface area contributed by atoms with Crippen molar-refractivity contribution in [3.8, 4) is 0 Å². The van der Waals surface area contributed by atoms with E-state index in [4.69, 9.17) is 4.98 Å². The summed E-state index contributed by atoms with van der Waals surface area (Å²) in [4.78, 5) is 17.4. The molecule has 6 rings (SSSR count). The number of carbonyl (C=O) groups excluding carboxylic acids is 1. The molecule has 0 unspecified atom stereocenters. The van der Waals surface area contributed by atoms with Crippen molar-refractivity contribution in [3.05, 3.63) is 100 Å². The van der Waals surface area contributed by atoms with Crippen molar-refractivity contribution < 1.29 is 4.79 Å². The van der Waals surface area contributed by atoms with Crippen molar-refractivity contribution in [2.75, 3.05) is 0 Å². The Kier molecular flexibility index (Phi) is 4.99. The van der Waals surface area contributed by atoms with E-state index in [1.54, 1.807) is 17.1 Å². The van der Waals surface area contributed by atoms with Gasteiger partial charge in [-0.15, -0.1) is 0 Å². The topological polar surface area (TPSA) is 64.2 Å². The van der Waals surface area contributed by atoms with Crippen molar-refractivity contribution in [2.24, 2.45) is 0 Å². The highest BCUT2D eigenvalue weighted by Gasteiger charge is 2.23. The van der Waals surface area contributed by atoms with Crippen molar-refractivity contribution in [1.29, 1.82) is 0 Å². The van der Waals surface area contributed by atoms with Crippen molar-refractivity contribution in [3.63, 3.8) is 0 Å². The molecule has 2 aromatic carbocycles.